The highest BCUT2D eigenvalue weighted by atomic mass is 35.5. The maximum Gasteiger partial charge on any atom is 0.274 e. The van der Waals surface area contributed by atoms with Crippen LogP contribution in [0.25, 0.3) is 32.6 Å². The fourth-order valence-electron chi connectivity index (χ4n) is 5.73. The van der Waals surface area contributed by atoms with Crippen molar-refractivity contribution in [2.75, 3.05) is 24.5 Å². The SMILES string of the molecule is [C-]#[N+]c1c(N2CCN(C(=O)C=C)C[C@@H]2C)c2cc(Cl)c(-c3cccc(Cl)c3F)cc2n(-c2ccccc2C(C)C)c1=O. The van der Waals surface area contributed by atoms with Crippen LogP contribution in [0.3, 0.4) is 0 Å². The molecule has 0 N–H and O–H groups in total. The van der Waals surface area contributed by atoms with Crippen LogP contribution in [0.4, 0.5) is 15.8 Å². The number of carbonyl (C=O) groups excluding carboxylic acids is 1. The molecule has 1 fully saturated rings. The predicted octanol–water partition coefficient (Wildman–Crippen LogP) is 8.00. The molecule has 3 aromatic carbocycles. The van der Waals surface area contributed by atoms with E-state index in [-0.39, 0.29) is 39.2 Å². The smallest absolute Gasteiger partial charge is 0.274 e. The molecule has 0 aliphatic carbocycles. The quantitative estimate of drug-likeness (QED) is 0.172. The van der Waals surface area contributed by atoms with Crippen molar-refractivity contribution in [1.82, 2.24) is 9.47 Å². The number of amides is 1. The summed E-state index contributed by atoms with van der Waals surface area (Å²) in [5.41, 5.74) is 2.51. The van der Waals surface area contributed by atoms with Crippen LogP contribution in [-0.2, 0) is 4.79 Å². The number of pyridine rings is 1. The molecule has 0 saturated carbocycles. The Balaban J connectivity index is 1.88. The number of benzene rings is 3. The molecule has 9 heteroatoms. The van der Waals surface area contributed by atoms with Gasteiger partial charge in [-0.3, -0.25) is 14.2 Å². The average Bonchev–Trinajstić information content (AvgIpc) is 2.98. The van der Waals surface area contributed by atoms with E-state index in [2.05, 4.69) is 11.4 Å². The molecule has 0 unspecified atom stereocenters. The van der Waals surface area contributed by atoms with Gasteiger partial charge in [-0.15, -0.1) is 0 Å². The minimum atomic E-state index is -0.619. The van der Waals surface area contributed by atoms with Gasteiger partial charge in [-0.1, -0.05) is 74.0 Å². The summed E-state index contributed by atoms with van der Waals surface area (Å²) in [5, 5.41) is 0.776. The Labute approximate surface area is 254 Å². The van der Waals surface area contributed by atoms with E-state index in [0.717, 1.165) is 5.56 Å². The number of nitrogens with zero attached hydrogens (tertiary/aromatic N) is 4. The molecule has 1 aliphatic heterocycles. The van der Waals surface area contributed by atoms with Gasteiger partial charge in [0.2, 0.25) is 5.91 Å². The van der Waals surface area contributed by atoms with E-state index in [4.69, 9.17) is 29.8 Å². The average molecular weight is 604 g/mol. The summed E-state index contributed by atoms with van der Waals surface area (Å²) in [6.07, 6.45) is 1.28. The van der Waals surface area contributed by atoms with Gasteiger partial charge in [0.15, 0.2) is 0 Å². The zero-order valence-corrected chi connectivity index (χ0v) is 25.0. The summed E-state index contributed by atoms with van der Waals surface area (Å²) in [6, 6.07) is 15.4. The van der Waals surface area contributed by atoms with Crippen molar-refractivity contribution in [3.8, 4) is 16.8 Å². The first kappa shape index (κ1) is 29.4. The van der Waals surface area contributed by atoms with Gasteiger partial charge in [0.1, 0.15) is 5.82 Å². The monoisotopic (exact) mass is 602 g/mol. The molecule has 1 aliphatic rings. The Morgan fingerprint density at radius 3 is 2.50 bits per heavy atom. The number of piperazine rings is 1. The first-order valence-electron chi connectivity index (χ1n) is 13.6. The summed E-state index contributed by atoms with van der Waals surface area (Å²) < 4.78 is 16.8. The lowest BCUT2D eigenvalue weighted by Crippen LogP contribution is -2.53. The van der Waals surface area contributed by atoms with Crippen LogP contribution in [0.2, 0.25) is 10.0 Å². The van der Waals surface area contributed by atoms with Crippen LogP contribution in [0.1, 0.15) is 32.3 Å². The number of anilines is 1. The number of carbonyl (C=O) groups is 1. The number of hydrogen-bond donors (Lipinski definition) is 0. The van der Waals surface area contributed by atoms with E-state index < -0.39 is 11.4 Å². The molecular formula is C33H29Cl2FN4O2. The van der Waals surface area contributed by atoms with E-state index in [1.807, 2.05) is 49.9 Å². The van der Waals surface area contributed by atoms with Gasteiger partial charge in [-0.25, -0.2) is 9.24 Å². The first-order valence-corrected chi connectivity index (χ1v) is 14.4. The second-order valence-electron chi connectivity index (χ2n) is 10.6. The van der Waals surface area contributed by atoms with Gasteiger partial charge in [0.05, 0.1) is 28.5 Å². The lowest BCUT2D eigenvalue weighted by molar-refractivity contribution is -0.126. The van der Waals surface area contributed by atoms with Gasteiger partial charge in [0, 0.05) is 47.2 Å². The molecule has 214 valence electrons. The molecular weight excluding hydrogens is 574 g/mol. The van der Waals surface area contributed by atoms with E-state index in [0.29, 0.717) is 47.5 Å². The van der Waals surface area contributed by atoms with Crippen molar-refractivity contribution in [2.45, 2.75) is 32.7 Å². The second-order valence-corrected chi connectivity index (χ2v) is 11.5. The fraction of sp³-hybridized carbons (Fsp3) is 0.242. The van der Waals surface area contributed by atoms with Gasteiger partial charge in [0.25, 0.3) is 11.2 Å². The Morgan fingerprint density at radius 1 is 1.10 bits per heavy atom. The van der Waals surface area contributed by atoms with Crippen LogP contribution in [-0.4, -0.2) is 41.1 Å². The zero-order chi connectivity index (χ0) is 30.3. The highest BCUT2D eigenvalue weighted by Crippen LogP contribution is 2.43. The van der Waals surface area contributed by atoms with Crippen LogP contribution < -0.4 is 10.5 Å². The largest absolute Gasteiger partial charge is 0.373 e. The predicted molar refractivity (Wildman–Crippen MR) is 169 cm³/mol. The maximum atomic E-state index is 15.3. The normalized spacial score (nSPS) is 15.2. The minimum absolute atomic E-state index is 0.0454. The third kappa shape index (κ3) is 4.95. The molecule has 0 spiro atoms. The van der Waals surface area contributed by atoms with E-state index >= 15 is 4.39 Å². The summed E-state index contributed by atoms with van der Waals surface area (Å²) in [4.78, 5) is 34.1. The standard InChI is InChI=1S/C33H29Cl2FN4O2/c1-6-29(41)38-14-15-39(20(4)18-38)32-24-16-26(35)23(22-11-9-12-25(34)30(22)36)17-28(24)40(33(42)31(32)37-5)27-13-8-7-10-21(27)19(2)3/h6-13,16-17,19-20H,1,14-15,18H2,2-4H3/t20-/m0/s1. The Hall–Kier alpha value is -4.12. The molecule has 1 aromatic heterocycles. The van der Waals surface area contributed by atoms with Crippen molar-refractivity contribution in [3.63, 3.8) is 0 Å². The Morgan fingerprint density at radius 2 is 1.83 bits per heavy atom. The number of para-hydroxylation sites is 1. The third-order valence-electron chi connectivity index (χ3n) is 7.77. The molecule has 42 heavy (non-hydrogen) atoms. The third-order valence-corrected chi connectivity index (χ3v) is 8.37. The van der Waals surface area contributed by atoms with Crippen molar-refractivity contribution >= 4 is 51.4 Å². The van der Waals surface area contributed by atoms with E-state index in [1.54, 1.807) is 29.2 Å². The van der Waals surface area contributed by atoms with E-state index in [1.165, 1.54) is 16.7 Å². The van der Waals surface area contributed by atoms with Crippen LogP contribution in [0.15, 0.2) is 72.0 Å². The summed E-state index contributed by atoms with van der Waals surface area (Å²) in [7, 11) is 0. The molecule has 6 nitrogen and oxygen atoms in total. The van der Waals surface area contributed by atoms with Gasteiger partial charge < -0.3 is 9.80 Å². The van der Waals surface area contributed by atoms with Gasteiger partial charge in [-0.2, -0.15) is 0 Å². The molecule has 1 atom stereocenters. The lowest BCUT2D eigenvalue weighted by atomic mass is 9.98. The first-order chi connectivity index (χ1) is 20.1. The van der Waals surface area contributed by atoms with Crippen molar-refractivity contribution in [2.24, 2.45) is 0 Å². The molecule has 0 bridgehead atoms. The second kappa shape index (κ2) is 11.6. The number of halogens is 3. The van der Waals surface area contributed by atoms with Gasteiger partial charge in [-0.05, 0) is 48.7 Å². The lowest BCUT2D eigenvalue weighted by Gasteiger charge is -2.42. The van der Waals surface area contributed by atoms with Crippen LogP contribution >= 0.6 is 23.2 Å². The maximum absolute atomic E-state index is 15.3. The molecule has 1 saturated heterocycles. The number of rotatable bonds is 5. The highest BCUT2D eigenvalue weighted by Gasteiger charge is 2.31. The van der Waals surface area contributed by atoms with E-state index in [9.17, 15) is 9.59 Å². The molecule has 2 heterocycles. The fourth-order valence-corrected chi connectivity index (χ4v) is 6.17. The van der Waals surface area contributed by atoms with Crippen LogP contribution in [0.5, 0.6) is 0 Å². The van der Waals surface area contributed by atoms with Crippen molar-refractivity contribution in [1.29, 1.82) is 0 Å². The molecule has 0 radical (unpaired) electrons. The number of fused-ring (bicyclic) bond motifs is 1. The van der Waals surface area contributed by atoms with Gasteiger partial charge >= 0.3 is 0 Å². The topological polar surface area (TPSA) is 49.9 Å². The van der Waals surface area contributed by atoms with Crippen LogP contribution in [0, 0.1) is 12.4 Å². The molecule has 1 amide bonds. The summed E-state index contributed by atoms with van der Waals surface area (Å²) in [6.45, 7) is 18.9. The Kier molecular flexibility index (Phi) is 8.14. The number of aromatic nitrogens is 1. The summed E-state index contributed by atoms with van der Waals surface area (Å²) >= 11 is 13.0. The highest BCUT2D eigenvalue weighted by molar-refractivity contribution is 6.35. The number of hydrogen-bond acceptors (Lipinski definition) is 3. The zero-order valence-electron chi connectivity index (χ0n) is 23.5. The van der Waals surface area contributed by atoms with Crippen molar-refractivity contribution in [3.05, 3.63) is 110 Å². The molecule has 4 aromatic rings. The van der Waals surface area contributed by atoms with Crippen molar-refractivity contribution < 1.29 is 9.18 Å². The minimum Gasteiger partial charge on any atom is -0.373 e. The Bertz CT molecular complexity index is 1840. The summed E-state index contributed by atoms with van der Waals surface area (Å²) in [5.74, 6) is -0.716. The molecule has 5 rings (SSSR count).